The summed E-state index contributed by atoms with van der Waals surface area (Å²) in [5, 5.41) is 0. The Morgan fingerprint density at radius 1 is 1.12 bits per heavy atom. The Kier molecular flexibility index (Phi) is 1.86. The molecule has 0 bridgehead atoms. The molecule has 2 N–H and O–H groups in total. The standard InChI is InChI=1S/C12H10N4/c13-12-11(9-4-3-6-14-8-9)15-10-5-1-2-7-16(10)12/h1-8H,13H2. The molecule has 3 heterocycles. The molecule has 0 unspecified atom stereocenters. The SMILES string of the molecule is Nc1c(-c2cccnc2)nc2ccccn12. The molecule has 0 fully saturated rings. The zero-order valence-electron chi connectivity index (χ0n) is 8.54. The molecule has 0 atom stereocenters. The average molecular weight is 210 g/mol. The highest BCUT2D eigenvalue weighted by Crippen LogP contribution is 2.24. The Bertz CT molecular complexity index is 628. The van der Waals surface area contributed by atoms with Crippen LogP contribution in [0.4, 0.5) is 5.82 Å². The summed E-state index contributed by atoms with van der Waals surface area (Å²) in [5.41, 5.74) is 8.60. The van der Waals surface area contributed by atoms with Gasteiger partial charge in [0.05, 0.1) is 0 Å². The number of hydrogen-bond acceptors (Lipinski definition) is 3. The van der Waals surface area contributed by atoms with Crippen molar-refractivity contribution in [2.75, 3.05) is 5.73 Å². The van der Waals surface area contributed by atoms with Crippen LogP contribution in [0.15, 0.2) is 48.9 Å². The Morgan fingerprint density at radius 3 is 2.81 bits per heavy atom. The van der Waals surface area contributed by atoms with Gasteiger partial charge in [0.25, 0.3) is 0 Å². The Labute approximate surface area is 92.4 Å². The number of nitrogen functional groups attached to an aromatic ring is 1. The fraction of sp³-hybridized carbons (Fsp3) is 0. The molecule has 0 aliphatic carbocycles. The van der Waals surface area contributed by atoms with Gasteiger partial charge in [-0.05, 0) is 24.3 Å². The topological polar surface area (TPSA) is 56.2 Å². The lowest BCUT2D eigenvalue weighted by Gasteiger charge is -1.97. The number of nitrogens with two attached hydrogens (primary N) is 1. The van der Waals surface area contributed by atoms with Crippen LogP contribution >= 0.6 is 0 Å². The number of anilines is 1. The van der Waals surface area contributed by atoms with Crippen LogP contribution in [0.5, 0.6) is 0 Å². The van der Waals surface area contributed by atoms with Crippen molar-refractivity contribution in [1.82, 2.24) is 14.4 Å². The maximum absolute atomic E-state index is 6.04. The van der Waals surface area contributed by atoms with Gasteiger partial charge >= 0.3 is 0 Å². The largest absolute Gasteiger partial charge is 0.383 e. The van der Waals surface area contributed by atoms with E-state index in [1.54, 1.807) is 12.4 Å². The predicted octanol–water partition coefficient (Wildman–Crippen LogP) is 1.98. The van der Waals surface area contributed by atoms with Crippen LogP contribution in [0.25, 0.3) is 16.9 Å². The van der Waals surface area contributed by atoms with Gasteiger partial charge in [-0.2, -0.15) is 0 Å². The maximum Gasteiger partial charge on any atom is 0.139 e. The average Bonchev–Trinajstić information content (AvgIpc) is 2.69. The van der Waals surface area contributed by atoms with E-state index in [4.69, 9.17) is 5.73 Å². The third kappa shape index (κ3) is 1.24. The Balaban J connectivity index is 2.29. The number of imidazole rings is 1. The number of fused-ring (bicyclic) bond motifs is 1. The van der Waals surface area contributed by atoms with E-state index in [1.807, 2.05) is 40.9 Å². The van der Waals surface area contributed by atoms with E-state index in [2.05, 4.69) is 9.97 Å². The summed E-state index contributed by atoms with van der Waals surface area (Å²) in [5.74, 6) is 0.642. The number of pyridine rings is 2. The molecule has 3 rings (SSSR count). The summed E-state index contributed by atoms with van der Waals surface area (Å²) in [7, 11) is 0. The molecule has 0 saturated heterocycles. The van der Waals surface area contributed by atoms with E-state index >= 15 is 0 Å². The van der Waals surface area contributed by atoms with Gasteiger partial charge < -0.3 is 5.73 Å². The van der Waals surface area contributed by atoms with E-state index in [1.165, 1.54) is 0 Å². The molecule has 0 saturated carbocycles. The van der Waals surface area contributed by atoms with Crippen molar-refractivity contribution in [2.45, 2.75) is 0 Å². The van der Waals surface area contributed by atoms with Gasteiger partial charge in [-0.25, -0.2) is 4.98 Å². The lowest BCUT2D eigenvalue weighted by Crippen LogP contribution is -1.93. The van der Waals surface area contributed by atoms with Crippen LogP contribution in [-0.2, 0) is 0 Å². The minimum Gasteiger partial charge on any atom is -0.383 e. The molecule has 3 aromatic rings. The fourth-order valence-corrected chi connectivity index (χ4v) is 1.73. The highest BCUT2D eigenvalue weighted by Gasteiger charge is 2.09. The second kappa shape index (κ2) is 3.34. The molecule has 4 heteroatoms. The van der Waals surface area contributed by atoms with E-state index in [0.717, 1.165) is 16.9 Å². The first-order chi connectivity index (χ1) is 7.86. The monoisotopic (exact) mass is 210 g/mol. The molecule has 78 valence electrons. The van der Waals surface area contributed by atoms with E-state index < -0.39 is 0 Å². The first-order valence-electron chi connectivity index (χ1n) is 4.99. The smallest absolute Gasteiger partial charge is 0.139 e. The highest BCUT2D eigenvalue weighted by molar-refractivity contribution is 5.74. The van der Waals surface area contributed by atoms with Crippen molar-refractivity contribution in [1.29, 1.82) is 0 Å². The zero-order chi connectivity index (χ0) is 11.0. The zero-order valence-corrected chi connectivity index (χ0v) is 8.54. The molecule has 0 aromatic carbocycles. The number of hydrogen-bond donors (Lipinski definition) is 1. The first-order valence-corrected chi connectivity index (χ1v) is 4.99. The Hall–Kier alpha value is -2.36. The minimum atomic E-state index is 0.642. The maximum atomic E-state index is 6.04. The van der Waals surface area contributed by atoms with Crippen LogP contribution in [0.1, 0.15) is 0 Å². The van der Waals surface area contributed by atoms with Crippen molar-refractivity contribution in [3.63, 3.8) is 0 Å². The van der Waals surface area contributed by atoms with Crippen LogP contribution < -0.4 is 5.73 Å². The van der Waals surface area contributed by atoms with Crippen LogP contribution in [-0.4, -0.2) is 14.4 Å². The predicted molar refractivity (Wildman–Crippen MR) is 62.8 cm³/mol. The minimum absolute atomic E-state index is 0.642. The highest BCUT2D eigenvalue weighted by atomic mass is 15.1. The van der Waals surface area contributed by atoms with Gasteiger partial charge in [-0.3, -0.25) is 9.38 Å². The fourth-order valence-electron chi connectivity index (χ4n) is 1.73. The third-order valence-corrected chi connectivity index (χ3v) is 2.50. The van der Waals surface area contributed by atoms with Crippen LogP contribution in [0.2, 0.25) is 0 Å². The molecule has 0 radical (unpaired) electrons. The molecule has 0 aliphatic heterocycles. The molecule has 16 heavy (non-hydrogen) atoms. The first kappa shape index (κ1) is 8.91. The van der Waals surface area contributed by atoms with Crippen molar-refractivity contribution in [3.8, 4) is 11.3 Å². The van der Waals surface area contributed by atoms with Gasteiger partial charge in [-0.15, -0.1) is 0 Å². The molecular formula is C12H10N4. The summed E-state index contributed by atoms with van der Waals surface area (Å²) in [6, 6.07) is 9.62. The lowest BCUT2D eigenvalue weighted by atomic mass is 10.2. The second-order valence-corrected chi connectivity index (χ2v) is 3.52. The van der Waals surface area contributed by atoms with Gasteiger partial charge in [0, 0.05) is 24.2 Å². The molecule has 0 aliphatic rings. The second-order valence-electron chi connectivity index (χ2n) is 3.52. The van der Waals surface area contributed by atoms with Crippen molar-refractivity contribution >= 4 is 11.5 Å². The van der Waals surface area contributed by atoms with Crippen molar-refractivity contribution in [3.05, 3.63) is 48.9 Å². The van der Waals surface area contributed by atoms with E-state index in [9.17, 15) is 0 Å². The van der Waals surface area contributed by atoms with Crippen LogP contribution in [0, 0.1) is 0 Å². The molecular weight excluding hydrogens is 200 g/mol. The molecule has 3 aromatic heterocycles. The quantitative estimate of drug-likeness (QED) is 0.668. The van der Waals surface area contributed by atoms with Gasteiger partial charge in [0.1, 0.15) is 17.2 Å². The van der Waals surface area contributed by atoms with Crippen molar-refractivity contribution in [2.24, 2.45) is 0 Å². The summed E-state index contributed by atoms with van der Waals surface area (Å²) in [4.78, 5) is 8.55. The van der Waals surface area contributed by atoms with Gasteiger partial charge in [0.2, 0.25) is 0 Å². The van der Waals surface area contributed by atoms with Crippen LogP contribution in [0.3, 0.4) is 0 Å². The number of aromatic nitrogens is 3. The Morgan fingerprint density at radius 2 is 2.06 bits per heavy atom. The molecule has 4 nitrogen and oxygen atoms in total. The molecule has 0 spiro atoms. The van der Waals surface area contributed by atoms with Crippen molar-refractivity contribution < 1.29 is 0 Å². The van der Waals surface area contributed by atoms with Gasteiger partial charge in [-0.1, -0.05) is 6.07 Å². The summed E-state index contributed by atoms with van der Waals surface area (Å²) < 4.78 is 1.86. The number of rotatable bonds is 1. The third-order valence-electron chi connectivity index (χ3n) is 2.50. The summed E-state index contributed by atoms with van der Waals surface area (Å²) in [6.07, 6.45) is 5.39. The number of nitrogens with zero attached hydrogens (tertiary/aromatic N) is 3. The normalized spacial score (nSPS) is 10.8. The molecule has 0 amide bonds. The van der Waals surface area contributed by atoms with E-state index in [-0.39, 0.29) is 0 Å². The van der Waals surface area contributed by atoms with E-state index in [0.29, 0.717) is 5.82 Å². The summed E-state index contributed by atoms with van der Waals surface area (Å²) in [6.45, 7) is 0. The van der Waals surface area contributed by atoms with Gasteiger partial charge in [0.15, 0.2) is 0 Å². The lowest BCUT2D eigenvalue weighted by molar-refractivity contribution is 1.20. The summed E-state index contributed by atoms with van der Waals surface area (Å²) >= 11 is 0.